The Morgan fingerprint density at radius 3 is 2.00 bits per heavy atom. The molecule has 0 bridgehead atoms. The Kier molecular flexibility index (Phi) is 5.63. The molecule has 0 radical (unpaired) electrons. The van der Waals surface area contributed by atoms with Crippen LogP contribution in [0.4, 0.5) is 0 Å². The molecule has 1 fully saturated rings. The van der Waals surface area contributed by atoms with Gasteiger partial charge in [-0.1, -0.05) is 0 Å². The van der Waals surface area contributed by atoms with Crippen molar-refractivity contribution in [3.63, 3.8) is 0 Å². The SMILES string of the molecule is C[C@H](N)C(=O)N1CCN(S(N)(=O)=O)CC1.Cl. The lowest BCUT2D eigenvalue weighted by atomic mass is 10.2. The summed E-state index contributed by atoms with van der Waals surface area (Å²) >= 11 is 0. The van der Waals surface area contributed by atoms with Crippen LogP contribution in [0.1, 0.15) is 6.92 Å². The van der Waals surface area contributed by atoms with E-state index in [4.69, 9.17) is 10.9 Å². The number of carbonyl (C=O) groups is 1. The van der Waals surface area contributed by atoms with Crippen LogP contribution >= 0.6 is 12.4 Å². The van der Waals surface area contributed by atoms with Crippen molar-refractivity contribution in [1.82, 2.24) is 9.21 Å². The van der Waals surface area contributed by atoms with E-state index in [9.17, 15) is 13.2 Å². The van der Waals surface area contributed by atoms with Gasteiger partial charge < -0.3 is 10.6 Å². The summed E-state index contributed by atoms with van der Waals surface area (Å²) < 4.78 is 23.1. The van der Waals surface area contributed by atoms with Gasteiger partial charge >= 0.3 is 0 Å². The molecule has 1 aliphatic rings. The Morgan fingerprint density at radius 1 is 1.25 bits per heavy atom. The summed E-state index contributed by atoms with van der Waals surface area (Å²) in [7, 11) is -3.63. The summed E-state index contributed by atoms with van der Waals surface area (Å²) in [4.78, 5) is 13.0. The van der Waals surface area contributed by atoms with E-state index < -0.39 is 16.3 Å². The largest absolute Gasteiger partial charge is 0.339 e. The van der Waals surface area contributed by atoms with E-state index in [-0.39, 0.29) is 31.4 Å². The van der Waals surface area contributed by atoms with Gasteiger partial charge in [-0.15, -0.1) is 12.4 Å². The molecule has 0 unspecified atom stereocenters. The van der Waals surface area contributed by atoms with Gasteiger partial charge in [0.05, 0.1) is 6.04 Å². The third-order valence-electron chi connectivity index (χ3n) is 2.30. The molecule has 1 aliphatic heterocycles. The molecule has 1 heterocycles. The molecule has 0 saturated carbocycles. The molecule has 1 saturated heterocycles. The fourth-order valence-electron chi connectivity index (χ4n) is 1.45. The zero-order valence-electron chi connectivity index (χ0n) is 9.00. The Morgan fingerprint density at radius 2 is 1.69 bits per heavy atom. The smallest absolute Gasteiger partial charge is 0.277 e. The van der Waals surface area contributed by atoms with E-state index in [0.29, 0.717) is 13.1 Å². The molecule has 0 spiro atoms. The summed E-state index contributed by atoms with van der Waals surface area (Å²) in [6, 6.07) is -0.550. The number of piperazine rings is 1. The van der Waals surface area contributed by atoms with Crippen LogP contribution in [0.3, 0.4) is 0 Å². The first-order valence-corrected chi connectivity index (χ1v) is 6.15. The second-order valence-electron chi connectivity index (χ2n) is 3.56. The zero-order valence-corrected chi connectivity index (χ0v) is 10.6. The van der Waals surface area contributed by atoms with Crippen LogP contribution in [-0.2, 0) is 15.0 Å². The molecule has 0 aromatic carbocycles. The Bertz CT molecular complexity index is 338. The highest BCUT2D eigenvalue weighted by Crippen LogP contribution is 2.05. The van der Waals surface area contributed by atoms with E-state index in [1.807, 2.05) is 0 Å². The van der Waals surface area contributed by atoms with Gasteiger partial charge in [0.2, 0.25) is 5.91 Å². The zero-order chi connectivity index (χ0) is 11.6. The van der Waals surface area contributed by atoms with Crippen molar-refractivity contribution in [2.75, 3.05) is 26.2 Å². The van der Waals surface area contributed by atoms with Gasteiger partial charge in [-0.05, 0) is 6.92 Å². The van der Waals surface area contributed by atoms with Gasteiger partial charge in [-0.2, -0.15) is 12.7 Å². The molecular weight excluding hydrogens is 256 g/mol. The Hall–Kier alpha value is -0.410. The molecule has 7 nitrogen and oxygen atoms in total. The van der Waals surface area contributed by atoms with Crippen molar-refractivity contribution in [2.24, 2.45) is 10.9 Å². The second-order valence-corrected chi connectivity index (χ2v) is 5.10. The van der Waals surface area contributed by atoms with Crippen LogP contribution in [0.2, 0.25) is 0 Å². The molecule has 1 amide bonds. The van der Waals surface area contributed by atoms with Crippen molar-refractivity contribution in [3.05, 3.63) is 0 Å². The van der Waals surface area contributed by atoms with Gasteiger partial charge in [-0.25, -0.2) is 5.14 Å². The van der Waals surface area contributed by atoms with Crippen molar-refractivity contribution in [2.45, 2.75) is 13.0 Å². The Labute approximate surface area is 101 Å². The first-order chi connectivity index (χ1) is 6.82. The molecule has 4 N–H and O–H groups in total. The van der Waals surface area contributed by atoms with Crippen LogP contribution in [0.5, 0.6) is 0 Å². The van der Waals surface area contributed by atoms with Crippen molar-refractivity contribution in [1.29, 1.82) is 0 Å². The van der Waals surface area contributed by atoms with Crippen LogP contribution in [0, 0.1) is 0 Å². The van der Waals surface area contributed by atoms with Crippen LogP contribution in [0.15, 0.2) is 0 Å². The number of nitrogens with zero attached hydrogens (tertiary/aromatic N) is 2. The first kappa shape index (κ1) is 15.6. The molecule has 1 atom stereocenters. The van der Waals surface area contributed by atoms with Crippen LogP contribution < -0.4 is 10.9 Å². The monoisotopic (exact) mass is 272 g/mol. The molecule has 0 aromatic rings. The maximum Gasteiger partial charge on any atom is 0.277 e. The van der Waals surface area contributed by atoms with E-state index in [1.54, 1.807) is 11.8 Å². The third kappa shape index (κ3) is 3.87. The number of carbonyl (C=O) groups excluding carboxylic acids is 1. The van der Waals surface area contributed by atoms with E-state index >= 15 is 0 Å². The number of amides is 1. The number of nitrogens with two attached hydrogens (primary N) is 2. The minimum Gasteiger partial charge on any atom is -0.339 e. The highest BCUT2D eigenvalue weighted by atomic mass is 35.5. The maximum absolute atomic E-state index is 11.5. The molecular formula is C7H17ClN4O3S. The standard InChI is InChI=1S/C7H16N4O3S.ClH/c1-6(8)7(12)10-2-4-11(5-3-10)15(9,13)14;/h6H,2-5,8H2,1H3,(H2,9,13,14);1H/t6-;/m0./s1. The molecule has 0 aliphatic carbocycles. The minimum absolute atomic E-state index is 0. The average molecular weight is 273 g/mol. The average Bonchev–Trinajstić information content (AvgIpc) is 2.15. The highest BCUT2D eigenvalue weighted by molar-refractivity contribution is 7.86. The predicted molar refractivity (Wildman–Crippen MR) is 62.2 cm³/mol. The molecule has 96 valence electrons. The Balaban J connectivity index is 0.00000225. The fourth-order valence-corrected chi connectivity index (χ4v) is 2.12. The van der Waals surface area contributed by atoms with Crippen LogP contribution in [-0.4, -0.2) is 55.8 Å². The third-order valence-corrected chi connectivity index (χ3v) is 3.38. The first-order valence-electron chi connectivity index (χ1n) is 4.64. The number of rotatable bonds is 2. The number of hydrogen-bond acceptors (Lipinski definition) is 4. The van der Waals surface area contributed by atoms with Gasteiger partial charge in [0.1, 0.15) is 0 Å². The lowest BCUT2D eigenvalue weighted by Crippen LogP contribution is -2.54. The normalized spacial score (nSPS) is 20.1. The molecule has 1 rings (SSSR count). The van der Waals surface area contributed by atoms with Crippen molar-refractivity contribution >= 4 is 28.5 Å². The summed E-state index contributed by atoms with van der Waals surface area (Å²) in [6.07, 6.45) is 0. The number of halogens is 1. The van der Waals surface area contributed by atoms with E-state index in [0.717, 1.165) is 4.31 Å². The highest BCUT2D eigenvalue weighted by Gasteiger charge is 2.27. The summed E-state index contributed by atoms with van der Waals surface area (Å²) in [5.74, 6) is -0.163. The van der Waals surface area contributed by atoms with Gasteiger partial charge in [-0.3, -0.25) is 4.79 Å². The molecule has 9 heteroatoms. The van der Waals surface area contributed by atoms with Gasteiger partial charge in [0, 0.05) is 26.2 Å². The summed E-state index contributed by atoms with van der Waals surface area (Å²) in [5.41, 5.74) is 5.44. The second kappa shape index (κ2) is 5.78. The summed E-state index contributed by atoms with van der Waals surface area (Å²) in [6.45, 7) is 2.76. The predicted octanol–water partition coefficient (Wildman–Crippen LogP) is -1.90. The van der Waals surface area contributed by atoms with Gasteiger partial charge in [0.25, 0.3) is 10.2 Å². The topological polar surface area (TPSA) is 110 Å². The molecule has 0 aromatic heterocycles. The quantitative estimate of drug-likeness (QED) is 0.612. The maximum atomic E-state index is 11.5. The number of hydrogen-bond donors (Lipinski definition) is 2. The van der Waals surface area contributed by atoms with E-state index in [1.165, 1.54) is 0 Å². The summed E-state index contributed by atoms with van der Waals surface area (Å²) in [5, 5.41) is 4.96. The van der Waals surface area contributed by atoms with E-state index in [2.05, 4.69) is 0 Å². The van der Waals surface area contributed by atoms with Crippen molar-refractivity contribution < 1.29 is 13.2 Å². The minimum atomic E-state index is -3.63. The van der Waals surface area contributed by atoms with Crippen LogP contribution in [0.25, 0.3) is 0 Å². The molecule has 16 heavy (non-hydrogen) atoms. The van der Waals surface area contributed by atoms with Crippen molar-refractivity contribution in [3.8, 4) is 0 Å². The van der Waals surface area contributed by atoms with Gasteiger partial charge in [0.15, 0.2) is 0 Å². The fraction of sp³-hybridized carbons (Fsp3) is 0.857. The lowest BCUT2D eigenvalue weighted by molar-refractivity contribution is -0.133. The lowest BCUT2D eigenvalue weighted by Gasteiger charge is -2.33.